The summed E-state index contributed by atoms with van der Waals surface area (Å²) >= 11 is 0. The van der Waals surface area contributed by atoms with Crippen LogP contribution in [0.1, 0.15) is 27.7 Å². The molecule has 0 spiro atoms. The van der Waals surface area contributed by atoms with Crippen molar-refractivity contribution in [1.82, 2.24) is 15.4 Å². The highest BCUT2D eigenvalue weighted by atomic mass is 15.4. The summed E-state index contributed by atoms with van der Waals surface area (Å²) in [5.41, 5.74) is 14.2. The zero-order valence-corrected chi connectivity index (χ0v) is 15.7. The van der Waals surface area contributed by atoms with Gasteiger partial charge in [0.25, 0.3) is 0 Å². The van der Waals surface area contributed by atoms with Crippen molar-refractivity contribution in [1.29, 1.82) is 0 Å². The third kappa shape index (κ3) is 3.70. The first-order valence-electron chi connectivity index (χ1n) is 8.79. The largest absolute Gasteiger partial charge is 0.393 e. The Morgan fingerprint density at radius 3 is 2.50 bits per heavy atom. The molecule has 3 rings (SSSR count). The van der Waals surface area contributed by atoms with Crippen molar-refractivity contribution in [3.05, 3.63) is 48.8 Å². The quantitative estimate of drug-likeness (QED) is 0.602. The highest BCUT2D eigenvalue weighted by molar-refractivity contribution is 5.97. The highest BCUT2D eigenvalue weighted by Gasteiger charge is 2.18. The summed E-state index contributed by atoms with van der Waals surface area (Å²) in [5.74, 6) is 1.26. The van der Waals surface area contributed by atoms with E-state index in [-0.39, 0.29) is 5.54 Å². The first-order valence-corrected chi connectivity index (χ1v) is 8.79. The average Bonchev–Trinajstić information content (AvgIpc) is 2.62. The molecule has 1 aromatic heterocycles. The van der Waals surface area contributed by atoms with Crippen LogP contribution in [0.4, 0.5) is 23.0 Å². The molecule has 3 aromatic rings. The zero-order chi connectivity index (χ0) is 18.7. The van der Waals surface area contributed by atoms with Crippen molar-refractivity contribution in [3.63, 3.8) is 0 Å². The van der Waals surface area contributed by atoms with Gasteiger partial charge in [-0.3, -0.25) is 0 Å². The third-order valence-corrected chi connectivity index (χ3v) is 4.05. The number of fused-ring (bicyclic) bond motifs is 1. The fourth-order valence-electron chi connectivity index (χ4n) is 2.83. The minimum absolute atomic E-state index is 0.113. The van der Waals surface area contributed by atoms with Crippen LogP contribution in [0.15, 0.2) is 48.8 Å². The van der Waals surface area contributed by atoms with E-state index >= 15 is 0 Å². The Morgan fingerprint density at radius 1 is 1.04 bits per heavy atom. The van der Waals surface area contributed by atoms with Crippen LogP contribution >= 0.6 is 0 Å². The molecule has 0 aliphatic heterocycles. The second-order valence-electron chi connectivity index (χ2n) is 7.20. The molecule has 6 nitrogen and oxygen atoms in total. The molecule has 4 N–H and O–H groups in total. The topological polar surface area (TPSA) is 79.1 Å². The van der Waals surface area contributed by atoms with Gasteiger partial charge >= 0.3 is 0 Å². The molecule has 26 heavy (non-hydrogen) atoms. The lowest BCUT2D eigenvalue weighted by Crippen LogP contribution is -2.40. The van der Waals surface area contributed by atoms with Gasteiger partial charge in [-0.05, 0) is 39.1 Å². The summed E-state index contributed by atoms with van der Waals surface area (Å²) in [7, 11) is 0. The van der Waals surface area contributed by atoms with Gasteiger partial charge < -0.3 is 16.1 Å². The second kappa shape index (κ2) is 7.17. The number of hydrogen-bond acceptors (Lipinski definition) is 6. The van der Waals surface area contributed by atoms with E-state index in [0.29, 0.717) is 17.3 Å². The van der Waals surface area contributed by atoms with Gasteiger partial charge in [0.15, 0.2) is 11.6 Å². The van der Waals surface area contributed by atoms with Gasteiger partial charge in [-0.2, -0.15) is 0 Å². The van der Waals surface area contributed by atoms with E-state index in [4.69, 9.17) is 5.73 Å². The van der Waals surface area contributed by atoms with Crippen molar-refractivity contribution in [2.45, 2.75) is 33.2 Å². The Morgan fingerprint density at radius 2 is 1.77 bits per heavy atom. The summed E-state index contributed by atoms with van der Waals surface area (Å²) in [6.45, 7) is 9.01. The summed E-state index contributed by atoms with van der Waals surface area (Å²) in [6, 6.07) is 14.6. The molecule has 6 heteroatoms. The number of nitrogen functional groups attached to an aromatic ring is 1. The molecule has 0 radical (unpaired) electrons. The predicted molar refractivity (Wildman–Crippen MR) is 110 cm³/mol. The van der Waals surface area contributed by atoms with Gasteiger partial charge in [-0.25, -0.2) is 15.4 Å². The first-order chi connectivity index (χ1) is 12.4. The number of benzene rings is 2. The van der Waals surface area contributed by atoms with Crippen LogP contribution in [0.2, 0.25) is 0 Å². The number of anilines is 4. The Labute approximate surface area is 154 Å². The highest BCUT2D eigenvalue weighted by Crippen LogP contribution is 2.35. The summed E-state index contributed by atoms with van der Waals surface area (Å²) in [6.07, 6.45) is 1.53. The van der Waals surface area contributed by atoms with Crippen LogP contribution in [0, 0.1) is 0 Å². The van der Waals surface area contributed by atoms with Gasteiger partial charge in [-0.15, -0.1) is 0 Å². The molecule has 0 amide bonds. The number of nitrogens with zero attached hydrogens (tertiary/aromatic N) is 3. The van der Waals surface area contributed by atoms with Gasteiger partial charge in [0.1, 0.15) is 12.0 Å². The maximum atomic E-state index is 6.40. The van der Waals surface area contributed by atoms with Crippen LogP contribution in [0.3, 0.4) is 0 Å². The molecule has 0 aliphatic carbocycles. The lowest BCUT2D eigenvalue weighted by atomic mass is 10.1. The molecule has 136 valence electrons. The van der Waals surface area contributed by atoms with Gasteiger partial charge in [0, 0.05) is 17.5 Å². The average molecular weight is 350 g/mol. The predicted octanol–water partition coefficient (Wildman–Crippen LogP) is 4.09. The Bertz CT molecular complexity index is 895. The number of hydrogen-bond donors (Lipinski definition) is 3. The smallest absolute Gasteiger partial charge is 0.169 e. The van der Waals surface area contributed by atoms with E-state index in [1.165, 1.54) is 11.7 Å². The molecule has 0 bridgehead atoms. The van der Waals surface area contributed by atoms with Gasteiger partial charge in [0.05, 0.1) is 5.69 Å². The van der Waals surface area contributed by atoms with Crippen molar-refractivity contribution < 1.29 is 0 Å². The fraction of sp³-hybridized carbons (Fsp3) is 0.300. The van der Waals surface area contributed by atoms with Crippen molar-refractivity contribution in [2.24, 2.45) is 0 Å². The number of rotatable bonds is 5. The minimum atomic E-state index is -0.113. The molecule has 1 heterocycles. The summed E-state index contributed by atoms with van der Waals surface area (Å²) in [4.78, 5) is 10.9. The molecule has 0 atom stereocenters. The number of nitrogens with one attached hydrogen (secondary N) is 2. The molecule has 2 aromatic carbocycles. The summed E-state index contributed by atoms with van der Waals surface area (Å²) < 4.78 is 0. The monoisotopic (exact) mass is 350 g/mol. The molecule has 0 fully saturated rings. The summed E-state index contributed by atoms with van der Waals surface area (Å²) in [5, 5.41) is 2.35. The molecule has 0 saturated heterocycles. The van der Waals surface area contributed by atoms with E-state index in [0.717, 1.165) is 17.6 Å². The van der Waals surface area contributed by atoms with Crippen molar-refractivity contribution in [2.75, 3.05) is 22.6 Å². The van der Waals surface area contributed by atoms with Crippen molar-refractivity contribution in [3.8, 4) is 0 Å². The minimum Gasteiger partial charge on any atom is -0.393 e. The van der Waals surface area contributed by atoms with E-state index in [9.17, 15) is 0 Å². The van der Waals surface area contributed by atoms with Crippen LogP contribution < -0.4 is 21.5 Å². The van der Waals surface area contributed by atoms with Gasteiger partial charge in [-0.1, -0.05) is 36.4 Å². The van der Waals surface area contributed by atoms with Crippen molar-refractivity contribution >= 4 is 33.8 Å². The Kier molecular flexibility index (Phi) is 4.95. The van der Waals surface area contributed by atoms with Crippen LogP contribution in [-0.4, -0.2) is 22.1 Å². The number of nitrogens with two attached hydrogens (primary N) is 1. The number of hydrazine groups is 1. The normalized spacial score (nSPS) is 11.5. The zero-order valence-electron chi connectivity index (χ0n) is 15.7. The lowest BCUT2D eigenvalue weighted by Gasteiger charge is -2.27. The van der Waals surface area contributed by atoms with E-state index < -0.39 is 0 Å². The van der Waals surface area contributed by atoms with Crippen LogP contribution in [0.5, 0.6) is 0 Å². The van der Waals surface area contributed by atoms with E-state index in [1.54, 1.807) is 0 Å². The molecule has 0 unspecified atom stereocenters. The maximum absolute atomic E-state index is 6.40. The molecular formula is C20H26N6. The maximum Gasteiger partial charge on any atom is 0.169 e. The second-order valence-corrected chi connectivity index (χ2v) is 7.20. The van der Waals surface area contributed by atoms with Crippen LogP contribution in [0.25, 0.3) is 10.8 Å². The molecular weight excluding hydrogens is 324 g/mol. The van der Waals surface area contributed by atoms with Crippen LogP contribution in [-0.2, 0) is 0 Å². The Hall–Kier alpha value is -2.86. The fourth-order valence-corrected chi connectivity index (χ4v) is 2.83. The van der Waals surface area contributed by atoms with E-state index in [1.807, 2.05) is 12.1 Å². The molecule has 0 saturated carbocycles. The van der Waals surface area contributed by atoms with Gasteiger partial charge in [0.2, 0.25) is 0 Å². The third-order valence-electron chi connectivity index (χ3n) is 4.05. The first kappa shape index (κ1) is 17.9. The Balaban J connectivity index is 2.03. The number of aromatic nitrogens is 2. The molecule has 0 aliphatic rings. The SMILES string of the molecule is CCN(c1ncnc(NNC(C)(C)C)c1N)c1cccc2ccccc12. The standard InChI is InChI=1S/C20H26N6/c1-5-26(16-12-8-10-14-9-6-7-11-15(14)16)19-17(21)18(22-13-23-19)24-25-20(2,3)4/h6-13,25H,5,21H2,1-4H3,(H,22,23,24). The van der Waals surface area contributed by atoms with E-state index in [2.05, 4.69) is 83.7 Å². The lowest BCUT2D eigenvalue weighted by molar-refractivity contribution is 0.464.